The second-order valence-corrected chi connectivity index (χ2v) is 19.8. The molecule has 0 amide bonds. The Morgan fingerprint density at radius 3 is 1.90 bits per heavy atom. The molecule has 4 aliphatic carbocycles. The molecule has 0 saturated heterocycles. The smallest absolute Gasteiger partial charge is 0.137 e. The number of rotatable bonds is 7. The predicted octanol–water partition coefficient (Wildman–Crippen LogP) is 14.1. The molecule has 4 fully saturated rings. The van der Waals surface area contributed by atoms with Gasteiger partial charge in [0.2, 0.25) is 0 Å². The van der Waals surface area contributed by atoms with Crippen LogP contribution < -0.4 is 9.80 Å². The van der Waals surface area contributed by atoms with Crippen molar-refractivity contribution < 1.29 is 0 Å². The SMILES string of the molecule is CC(C)(C)c1cc(Cc2ccc3c4ccccc4n(-c4cc(C5(c6ccccc6)C6CC7CC(C6)CC5C7)ccn4)c3c2)cc(N2CN(c3ccccc3)c3ccccc32)c1. The van der Waals surface area contributed by atoms with Gasteiger partial charge in [-0.05, 0) is 156 Å². The van der Waals surface area contributed by atoms with Gasteiger partial charge in [-0.25, -0.2) is 4.98 Å². The Hall–Kier alpha value is -6.13. The molecule has 0 spiro atoms. The van der Waals surface area contributed by atoms with E-state index in [4.69, 9.17) is 4.98 Å². The lowest BCUT2D eigenvalue weighted by Gasteiger charge is -2.62. The highest BCUT2D eigenvalue weighted by Crippen LogP contribution is 2.65. The summed E-state index contributed by atoms with van der Waals surface area (Å²) in [7, 11) is 0. The fourth-order valence-electron chi connectivity index (χ4n) is 12.8. The van der Waals surface area contributed by atoms with Crippen molar-refractivity contribution in [2.75, 3.05) is 16.5 Å². The van der Waals surface area contributed by atoms with Gasteiger partial charge in [0.05, 0.1) is 22.4 Å². The van der Waals surface area contributed by atoms with Gasteiger partial charge in [-0.3, -0.25) is 4.57 Å². The quantitative estimate of drug-likeness (QED) is 0.161. The molecule has 0 atom stereocenters. The summed E-state index contributed by atoms with van der Waals surface area (Å²) in [5.41, 5.74) is 14.3. The van der Waals surface area contributed by atoms with Crippen molar-refractivity contribution in [2.45, 2.75) is 70.1 Å². The van der Waals surface area contributed by atoms with Crippen molar-refractivity contribution in [1.29, 1.82) is 0 Å². The number of aromatic nitrogens is 2. The zero-order valence-electron chi connectivity index (χ0n) is 35.6. The van der Waals surface area contributed by atoms with E-state index in [1.165, 1.54) is 104 Å². The van der Waals surface area contributed by atoms with E-state index in [9.17, 15) is 0 Å². The van der Waals surface area contributed by atoms with E-state index in [-0.39, 0.29) is 10.8 Å². The Morgan fingerprint density at radius 1 is 0.541 bits per heavy atom. The van der Waals surface area contributed by atoms with Gasteiger partial charge in [0, 0.05) is 33.8 Å². The van der Waals surface area contributed by atoms with Crippen molar-refractivity contribution >= 4 is 44.6 Å². The molecule has 302 valence electrons. The first-order valence-electron chi connectivity index (χ1n) is 22.7. The minimum Gasteiger partial charge on any atom is -0.321 e. The number of anilines is 4. The van der Waals surface area contributed by atoms with Gasteiger partial charge in [0.25, 0.3) is 0 Å². The second kappa shape index (κ2) is 14.0. The molecule has 6 aromatic carbocycles. The fraction of sp³-hybridized carbons (Fsp3) is 0.281. The van der Waals surface area contributed by atoms with Crippen LogP contribution in [0.3, 0.4) is 0 Å². The van der Waals surface area contributed by atoms with Gasteiger partial charge in [0.15, 0.2) is 0 Å². The van der Waals surface area contributed by atoms with Gasteiger partial charge in [0.1, 0.15) is 12.5 Å². The molecular formula is C57H54N4. The Kier molecular flexibility index (Phi) is 8.40. The molecule has 3 heterocycles. The number of benzene rings is 6. The minimum atomic E-state index is -0.00937. The van der Waals surface area contributed by atoms with Gasteiger partial charge < -0.3 is 9.80 Å². The molecule has 4 heteroatoms. The Morgan fingerprint density at radius 2 is 1.18 bits per heavy atom. The topological polar surface area (TPSA) is 24.3 Å². The molecule has 4 nitrogen and oxygen atoms in total. The third kappa shape index (κ3) is 5.89. The maximum absolute atomic E-state index is 5.23. The van der Waals surface area contributed by atoms with E-state index in [0.717, 1.165) is 30.7 Å². The number of para-hydroxylation sites is 4. The molecule has 0 N–H and O–H groups in total. The van der Waals surface area contributed by atoms with Crippen molar-refractivity contribution in [3.63, 3.8) is 0 Å². The van der Waals surface area contributed by atoms with Gasteiger partial charge in [-0.15, -0.1) is 0 Å². The van der Waals surface area contributed by atoms with Crippen LogP contribution >= 0.6 is 0 Å². The second-order valence-electron chi connectivity index (χ2n) is 19.8. The molecule has 13 rings (SSSR count). The lowest BCUT2D eigenvalue weighted by atomic mass is 9.42. The summed E-state index contributed by atoms with van der Waals surface area (Å²) in [6.07, 6.45) is 9.81. The van der Waals surface area contributed by atoms with Crippen LogP contribution in [0.4, 0.5) is 22.7 Å². The van der Waals surface area contributed by atoms with Crippen molar-refractivity contribution in [2.24, 2.45) is 23.7 Å². The number of hydrogen-bond donors (Lipinski definition) is 0. The summed E-state index contributed by atoms with van der Waals surface area (Å²) < 4.78 is 2.46. The molecule has 8 aromatic rings. The molecule has 2 aromatic heterocycles. The van der Waals surface area contributed by atoms with Gasteiger partial charge in [-0.2, -0.15) is 0 Å². The van der Waals surface area contributed by atoms with E-state index in [2.05, 4.69) is 199 Å². The van der Waals surface area contributed by atoms with Crippen LogP contribution in [0.2, 0.25) is 0 Å². The third-order valence-electron chi connectivity index (χ3n) is 15.2. The van der Waals surface area contributed by atoms with Crippen LogP contribution in [0.1, 0.15) is 80.7 Å². The molecule has 61 heavy (non-hydrogen) atoms. The van der Waals surface area contributed by atoms with Crippen LogP contribution in [0.5, 0.6) is 0 Å². The lowest BCUT2D eigenvalue weighted by molar-refractivity contribution is -0.0418. The Balaban J connectivity index is 0.962. The lowest BCUT2D eigenvalue weighted by Crippen LogP contribution is -2.56. The Labute approximate surface area is 360 Å². The first-order chi connectivity index (χ1) is 29.8. The number of pyridine rings is 1. The van der Waals surface area contributed by atoms with Crippen LogP contribution in [-0.4, -0.2) is 16.2 Å². The number of fused-ring (bicyclic) bond motifs is 4. The zero-order chi connectivity index (χ0) is 40.9. The van der Waals surface area contributed by atoms with Crippen LogP contribution in [0.25, 0.3) is 27.6 Å². The average Bonchev–Trinajstić information content (AvgIpc) is 3.83. The van der Waals surface area contributed by atoms with E-state index < -0.39 is 0 Å². The van der Waals surface area contributed by atoms with E-state index >= 15 is 0 Å². The standard InChI is InChI=1S/C57H54N4/c1-56(2,3)44-28-41(33-48(35-44)60-37-59(47-16-8-5-9-17-47)52-20-12-13-21-53(52)60)26-38-22-23-50-49-18-10-11-19-51(49)61(54(50)34-38)55-36-43(24-25-58-55)57(42-14-6-4-7-15-42)45-29-39-27-40(31-45)32-46(57)30-39/h4-25,28,33-36,39-40,45-46H,26-27,29-32,37H2,1-3H3. The minimum absolute atomic E-state index is 0.00937. The highest BCUT2D eigenvalue weighted by Gasteiger charge is 2.58. The van der Waals surface area contributed by atoms with Crippen molar-refractivity contribution in [1.82, 2.24) is 9.55 Å². The van der Waals surface area contributed by atoms with Crippen LogP contribution in [0, 0.1) is 23.7 Å². The van der Waals surface area contributed by atoms with Gasteiger partial charge in [-0.1, -0.05) is 118 Å². The first kappa shape index (κ1) is 36.7. The summed E-state index contributed by atoms with van der Waals surface area (Å²) in [5, 5.41) is 2.55. The Bertz CT molecular complexity index is 2910. The summed E-state index contributed by atoms with van der Waals surface area (Å²) >= 11 is 0. The zero-order valence-corrected chi connectivity index (χ0v) is 35.6. The molecule has 0 radical (unpaired) electrons. The maximum Gasteiger partial charge on any atom is 0.137 e. The maximum atomic E-state index is 5.23. The van der Waals surface area contributed by atoms with E-state index in [1.807, 2.05) is 0 Å². The summed E-state index contributed by atoms with van der Waals surface area (Å²) in [4.78, 5) is 10.1. The highest BCUT2D eigenvalue weighted by atomic mass is 15.4. The van der Waals surface area contributed by atoms with Crippen LogP contribution in [-0.2, 0) is 17.3 Å². The van der Waals surface area contributed by atoms with Crippen molar-refractivity contribution in [3.8, 4) is 5.82 Å². The molecule has 4 bridgehead atoms. The number of nitrogens with zero attached hydrogens (tertiary/aromatic N) is 4. The summed E-state index contributed by atoms with van der Waals surface area (Å²) in [6, 6.07) is 59.4. The highest BCUT2D eigenvalue weighted by molar-refractivity contribution is 6.09. The van der Waals surface area contributed by atoms with E-state index in [1.54, 1.807) is 0 Å². The largest absolute Gasteiger partial charge is 0.321 e. The van der Waals surface area contributed by atoms with Crippen molar-refractivity contribution in [3.05, 3.63) is 192 Å². The molecular weight excluding hydrogens is 741 g/mol. The average molecular weight is 795 g/mol. The molecule has 4 saturated carbocycles. The molecule has 1 aliphatic heterocycles. The normalized spacial score (nSPS) is 23.0. The van der Waals surface area contributed by atoms with Crippen LogP contribution in [0.15, 0.2) is 164 Å². The number of hydrogen-bond acceptors (Lipinski definition) is 3. The molecule has 0 unspecified atom stereocenters. The summed E-state index contributed by atoms with van der Waals surface area (Å²) in [5.74, 6) is 4.17. The predicted molar refractivity (Wildman–Crippen MR) is 253 cm³/mol. The van der Waals surface area contributed by atoms with Gasteiger partial charge >= 0.3 is 0 Å². The third-order valence-corrected chi connectivity index (χ3v) is 15.2. The molecule has 5 aliphatic rings. The summed E-state index contributed by atoms with van der Waals surface area (Å²) in [6.45, 7) is 7.77. The monoisotopic (exact) mass is 794 g/mol. The van der Waals surface area contributed by atoms with E-state index in [0.29, 0.717) is 11.8 Å². The first-order valence-corrected chi connectivity index (χ1v) is 22.7. The fourth-order valence-corrected chi connectivity index (χ4v) is 12.8.